The normalized spacial score (nSPS) is 15.2. The van der Waals surface area contributed by atoms with Crippen LogP contribution in [0.4, 0.5) is 34.5 Å². The molecule has 12 heteroatoms. The van der Waals surface area contributed by atoms with Gasteiger partial charge >= 0.3 is 0 Å². The van der Waals surface area contributed by atoms with Crippen molar-refractivity contribution in [2.24, 2.45) is 0 Å². The van der Waals surface area contributed by atoms with Crippen molar-refractivity contribution in [2.45, 2.75) is 12.5 Å². The topological polar surface area (TPSA) is 112 Å². The molecular weight excluding hydrogens is 549 g/mol. The number of nitrogens with one attached hydrogen (secondary N) is 3. The molecule has 3 N–H and O–H groups in total. The minimum Gasteiger partial charge on any atom is -0.494 e. The molecule has 4 rings (SSSR count). The predicted molar refractivity (Wildman–Crippen MR) is 165 cm³/mol. The van der Waals surface area contributed by atoms with Crippen molar-refractivity contribution in [1.82, 2.24) is 14.9 Å². The van der Waals surface area contributed by atoms with E-state index < -0.39 is 7.14 Å². The van der Waals surface area contributed by atoms with Crippen molar-refractivity contribution in [1.29, 1.82) is 0 Å². The van der Waals surface area contributed by atoms with Crippen LogP contribution in [0.15, 0.2) is 55.3 Å². The highest BCUT2D eigenvalue weighted by Gasteiger charge is 2.27. The zero-order valence-electron chi connectivity index (χ0n) is 23.4. The van der Waals surface area contributed by atoms with Crippen LogP contribution in [0.2, 0.25) is 5.02 Å². The number of amides is 1. The first-order valence-corrected chi connectivity index (χ1v) is 15.8. The summed E-state index contributed by atoms with van der Waals surface area (Å²) >= 11 is 6.43. The number of rotatable bonds is 10. The minimum atomic E-state index is -2.56. The van der Waals surface area contributed by atoms with Gasteiger partial charge in [-0.2, -0.15) is 4.98 Å². The average Bonchev–Trinajstić information content (AvgIpc) is 3.41. The first kappa shape index (κ1) is 29.4. The highest BCUT2D eigenvalue weighted by Crippen LogP contribution is 2.41. The van der Waals surface area contributed by atoms with E-state index in [1.165, 1.54) is 12.3 Å². The van der Waals surface area contributed by atoms with E-state index in [4.69, 9.17) is 16.3 Å². The number of ether oxygens (including phenoxy) is 1. The minimum absolute atomic E-state index is 0.251. The zero-order valence-corrected chi connectivity index (χ0v) is 25.0. The van der Waals surface area contributed by atoms with E-state index in [1.54, 1.807) is 26.5 Å². The third kappa shape index (κ3) is 6.75. The fourth-order valence-corrected chi connectivity index (χ4v) is 5.87. The molecule has 40 heavy (non-hydrogen) atoms. The highest BCUT2D eigenvalue weighted by atomic mass is 35.5. The van der Waals surface area contributed by atoms with Gasteiger partial charge in [-0.1, -0.05) is 30.3 Å². The molecule has 0 aliphatic carbocycles. The van der Waals surface area contributed by atoms with Crippen LogP contribution in [0.25, 0.3) is 0 Å². The second-order valence-electron chi connectivity index (χ2n) is 10.1. The van der Waals surface area contributed by atoms with Crippen LogP contribution in [0.1, 0.15) is 6.42 Å². The molecule has 0 unspecified atom stereocenters. The molecule has 1 aliphatic heterocycles. The summed E-state index contributed by atoms with van der Waals surface area (Å²) in [5.41, 5.74) is 2.66. The predicted octanol–water partition coefficient (Wildman–Crippen LogP) is 5.14. The van der Waals surface area contributed by atoms with Gasteiger partial charge in [0.2, 0.25) is 11.9 Å². The summed E-state index contributed by atoms with van der Waals surface area (Å²) in [5, 5.41) is 10.3. The second-order valence-corrected chi connectivity index (χ2v) is 13.7. The summed E-state index contributed by atoms with van der Waals surface area (Å²) in [7, 11) is 3.16. The standard InChI is InChI=1S/C28H35ClN7O3P/c1-7-26(37)31-21-14-22(24(39-4)15-23(21)36-13-12-18(17-36)35(2)3)33-28-30-16-19(29)27(34-28)32-20-10-8-9-11-25(20)40(5,6)38/h7-11,14-16,18H,1,12-13,17H2,2-6H3,(H,31,37)(H2,30,32,33,34)/t18-/m1/s1. The molecule has 0 spiro atoms. The van der Waals surface area contributed by atoms with Crippen molar-refractivity contribution < 1.29 is 14.1 Å². The number of hydrogen-bond acceptors (Lipinski definition) is 9. The number of anilines is 6. The van der Waals surface area contributed by atoms with Crippen molar-refractivity contribution in [3.05, 3.63) is 60.3 Å². The van der Waals surface area contributed by atoms with Crippen LogP contribution >= 0.6 is 18.7 Å². The molecule has 0 bridgehead atoms. The Morgan fingerprint density at radius 1 is 1.20 bits per heavy atom. The summed E-state index contributed by atoms with van der Waals surface area (Å²) in [6.45, 7) is 8.67. The van der Waals surface area contributed by atoms with Crippen LogP contribution in [0.5, 0.6) is 5.75 Å². The number of para-hydroxylation sites is 1. The molecule has 0 saturated carbocycles. The molecule has 2 heterocycles. The van der Waals surface area contributed by atoms with Gasteiger partial charge in [-0.25, -0.2) is 4.98 Å². The van der Waals surface area contributed by atoms with E-state index in [0.717, 1.165) is 25.2 Å². The zero-order chi connectivity index (χ0) is 29.0. The molecule has 1 saturated heterocycles. The van der Waals surface area contributed by atoms with Crippen LogP contribution in [-0.2, 0) is 9.36 Å². The molecule has 1 aromatic heterocycles. The van der Waals surface area contributed by atoms with Crippen LogP contribution < -0.4 is 30.9 Å². The third-order valence-corrected chi connectivity index (χ3v) is 8.55. The van der Waals surface area contributed by atoms with Gasteiger partial charge in [0, 0.05) is 30.5 Å². The van der Waals surface area contributed by atoms with Crippen molar-refractivity contribution >= 4 is 64.5 Å². The molecular formula is C28H35ClN7O3P. The van der Waals surface area contributed by atoms with E-state index in [0.29, 0.717) is 45.0 Å². The molecule has 3 aromatic rings. The first-order valence-electron chi connectivity index (χ1n) is 12.8. The molecule has 1 fully saturated rings. The number of halogens is 1. The fourth-order valence-electron chi connectivity index (χ4n) is 4.58. The Kier molecular flexibility index (Phi) is 9.03. The van der Waals surface area contributed by atoms with Gasteiger partial charge in [-0.15, -0.1) is 0 Å². The second kappa shape index (κ2) is 12.3. The number of hydrogen-bond donors (Lipinski definition) is 3. The molecule has 1 atom stereocenters. The van der Waals surface area contributed by atoms with E-state index in [2.05, 4.69) is 56.4 Å². The Hall–Kier alpha value is -3.59. The third-order valence-electron chi connectivity index (χ3n) is 6.72. The molecule has 2 aromatic carbocycles. The summed E-state index contributed by atoms with van der Waals surface area (Å²) in [6.07, 6.45) is 3.72. The molecule has 10 nitrogen and oxygen atoms in total. The fraction of sp³-hybridized carbons (Fsp3) is 0.321. The van der Waals surface area contributed by atoms with Crippen molar-refractivity contribution in [2.75, 3.05) is 68.5 Å². The molecule has 212 valence electrons. The SMILES string of the molecule is C=CC(=O)Nc1cc(Nc2ncc(Cl)c(Nc3ccccc3P(C)(C)=O)n2)c(OC)cc1N1CC[C@@H](N(C)C)C1. The van der Waals surface area contributed by atoms with Gasteiger partial charge in [0.15, 0.2) is 5.82 Å². The number of benzene rings is 2. The number of likely N-dealkylation sites (N-methyl/N-ethyl adjacent to an activating group) is 1. The Balaban J connectivity index is 1.68. The molecule has 1 aliphatic rings. The van der Waals surface area contributed by atoms with Gasteiger partial charge < -0.3 is 35.1 Å². The maximum atomic E-state index is 12.8. The van der Waals surface area contributed by atoms with Crippen LogP contribution in [0, 0.1) is 0 Å². The summed E-state index contributed by atoms with van der Waals surface area (Å²) < 4.78 is 18.5. The summed E-state index contributed by atoms with van der Waals surface area (Å²) in [4.78, 5) is 25.7. The number of aromatic nitrogens is 2. The monoisotopic (exact) mass is 583 g/mol. The van der Waals surface area contributed by atoms with Gasteiger partial charge in [0.1, 0.15) is 17.9 Å². The Labute approximate surface area is 240 Å². The molecule has 1 amide bonds. The Morgan fingerprint density at radius 2 is 1.95 bits per heavy atom. The van der Waals surface area contributed by atoms with Gasteiger partial charge in [0.25, 0.3) is 0 Å². The van der Waals surface area contributed by atoms with Gasteiger partial charge in [-0.3, -0.25) is 4.79 Å². The lowest BCUT2D eigenvalue weighted by Crippen LogP contribution is -2.31. The maximum absolute atomic E-state index is 12.8. The smallest absolute Gasteiger partial charge is 0.247 e. The van der Waals surface area contributed by atoms with Crippen molar-refractivity contribution in [3.8, 4) is 5.75 Å². The number of nitrogens with zero attached hydrogens (tertiary/aromatic N) is 4. The highest BCUT2D eigenvalue weighted by molar-refractivity contribution is 7.70. The Bertz CT molecular complexity index is 1460. The number of carbonyl (C=O) groups is 1. The lowest BCUT2D eigenvalue weighted by Gasteiger charge is -2.25. The lowest BCUT2D eigenvalue weighted by molar-refractivity contribution is -0.111. The maximum Gasteiger partial charge on any atom is 0.247 e. The quantitative estimate of drug-likeness (QED) is 0.221. The van der Waals surface area contributed by atoms with Crippen LogP contribution in [-0.4, -0.2) is 74.4 Å². The number of methoxy groups -OCH3 is 1. The average molecular weight is 584 g/mol. The number of carbonyl (C=O) groups excluding carboxylic acids is 1. The van der Waals surface area contributed by atoms with E-state index in [9.17, 15) is 9.36 Å². The molecule has 0 radical (unpaired) electrons. The van der Waals surface area contributed by atoms with Gasteiger partial charge in [0.05, 0.1) is 36.1 Å². The van der Waals surface area contributed by atoms with E-state index in [-0.39, 0.29) is 11.9 Å². The first-order chi connectivity index (χ1) is 19.0. The largest absolute Gasteiger partial charge is 0.494 e. The lowest BCUT2D eigenvalue weighted by atomic mass is 10.2. The van der Waals surface area contributed by atoms with Crippen LogP contribution in [0.3, 0.4) is 0 Å². The van der Waals surface area contributed by atoms with Crippen molar-refractivity contribution in [3.63, 3.8) is 0 Å². The summed E-state index contributed by atoms with van der Waals surface area (Å²) in [6, 6.07) is 11.4. The Morgan fingerprint density at radius 3 is 2.60 bits per heavy atom. The van der Waals surface area contributed by atoms with E-state index in [1.807, 2.05) is 30.3 Å². The van der Waals surface area contributed by atoms with Gasteiger partial charge in [-0.05, 0) is 58.1 Å². The summed E-state index contributed by atoms with van der Waals surface area (Å²) in [5.74, 6) is 0.832. The van der Waals surface area contributed by atoms with E-state index >= 15 is 0 Å².